The molecular weight excluding hydrogens is 921 g/mol. The molecule has 1 fully saturated rings. The second kappa shape index (κ2) is 49.5. The van der Waals surface area contributed by atoms with Gasteiger partial charge in [-0.05, 0) is 44.9 Å². The highest BCUT2D eigenvalue weighted by atomic mass is 32.3. The number of carbonyl (C=O) groups is 1. The molecule has 0 radical (unpaired) electrons. The molecule has 6 unspecified atom stereocenters. The van der Waals surface area contributed by atoms with Crippen LogP contribution in [0.15, 0.2) is 24.3 Å². The molecule has 12 nitrogen and oxygen atoms in total. The topological polar surface area (TPSA) is 178 Å². The van der Waals surface area contributed by atoms with Crippen molar-refractivity contribution in [3.05, 3.63) is 24.3 Å². The van der Waals surface area contributed by atoms with Gasteiger partial charge in [0.15, 0.2) is 6.29 Å². The van der Waals surface area contributed by atoms with Gasteiger partial charge in [-0.3, -0.25) is 9.35 Å². The van der Waals surface area contributed by atoms with E-state index in [1.807, 2.05) is 0 Å². The van der Waals surface area contributed by atoms with Gasteiger partial charge in [-0.15, -0.1) is 0 Å². The number of carbonyl (C=O) groups excluding carboxylic acids is 1. The third kappa shape index (κ3) is 42.5. The van der Waals surface area contributed by atoms with Gasteiger partial charge >= 0.3 is 16.4 Å². The summed E-state index contributed by atoms with van der Waals surface area (Å²) < 4.78 is 59.5. The average Bonchev–Trinajstić information content (AvgIpc) is 3.35. The highest BCUT2D eigenvalue weighted by molar-refractivity contribution is 7.80. The van der Waals surface area contributed by atoms with Crippen LogP contribution in [0.3, 0.4) is 0 Å². The fourth-order valence-corrected chi connectivity index (χ4v) is 9.86. The highest BCUT2D eigenvalue weighted by Crippen LogP contribution is 2.26. The Morgan fingerprint density at radius 2 is 0.930 bits per heavy atom. The summed E-state index contributed by atoms with van der Waals surface area (Å²) in [7, 11) is -5.07. The van der Waals surface area contributed by atoms with E-state index in [2.05, 4.69) is 42.3 Å². The minimum absolute atomic E-state index is 0.0401. The lowest BCUT2D eigenvalue weighted by Gasteiger charge is -2.41. The van der Waals surface area contributed by atoms with Gasteiger partial charge in [0.2, 0.25) is 0 Å². The van der Waals surface area contributed by atoms with Crippen molar-refractivity contribution in [1.82, 2.24) is 0 Å². The summed E-state index contributed by atoms with van der Waals surface area (Å²) in [4.78, 5) is 13.0. The molecule has 0 amide bonds. The molecule has 0 aromatic rings. The van der Waals surface area contributed by atoms with E-state index in [1.165, 1.54) is 205 Å². The van der Waals surface area contributed by atoms with Crippen LogP contribution >= 0.6 is 0 Å². The van der Waals surface area contributed by atoms with Crippen molar-refractivity contribution < 1.29 is 56.2 Å². The second-order valence-electron chi connectivity index (χ2n) is 20.6. The molecule has 1 rings (SSSR count). The van der Waals surface area contributed by atoms with Crippen LogP contribution in [-0.4, -0.2) is 97.5 Å². The maximum Gasteiger partial charge on any atom is 0.397 e. The smallest absolute Gasteiger partial charge is 0.397 e. The number of allylic oxidation sites excluding steroid dienone is 4. The summed E-state index contributed by atoms with van der Waals surface area (Å²) in [6.07, 6.45) is 50.7. The van der Waals surface area contributed by atoms with Crippen LogP contribution in [0.5, 0.6) is 0 Å². The predicted octanol–water partition coefficient (Wildman–Crippen LogP) is 14.7. The Labute approximate surface area is 435 Å². The van der Waals surface area contributed by atoms with Crippen molar-refractivity contribution in [2.75, 3.05) is 26.4 Å². The van der Waals surface area contributed by atoms with Gasteiger partial charge in [0.25, 0.3) is 0 Å². The van der Waals surface area contributed by atoms with Crippen molar-refractivity contribution in [3.63, 3.8) is 0 Å². The van der Waals surface area contributed by atoms with Gasteiger partial charge in [-0.1, -0.05) is 250 Å². The number of hydrogen-bond acceptors (Lipinski definition) is 11. The number of ether oxygens (including phenoxy) is 4. The van der Waals surface area contributed by atoms with E-state index in [0.717, 1.165) is 44.9 Å². The number of aliphatic hydroxyl groups is 3. The van der Waals surface area contributed by atoms with Gasteiger partial charge in [0.05, 0.1) is 19.8 Å². The Kier molecular flexibility index (Phi) is 47.1. The Morgan fingerprint density at radius 1 is 0.535 bits per heavy atom. The second-order valence-corrected chi connectivity index (χ2v) is 21.6. The monoisotopic (exact) mass is 1030 g/mol. The number of unbranched alkanes of at least 4 members (excludes halogenated alkanes) is 36. The summed E-state index contributed by atoms with van der Waals surface area (Å²) in [6, 6.07) is 0. The van der Waals surface area contributed by atoms with Crippen LogP contribution in [0.1, 0.15) is 277 Å². The standard InChI is InChI=1S/C58H110O12S/c1-3-5-7-9-11-13-15-17-19-21-23-25-26-27-28-30-32-34-36-38-40-42-44-46-48-66-50-52(51-67-58-56(62)57(70-71(63,64)65)55(61)53(49-59)69-58)68-54(60)47-45-43-41-39-37-35-33-31-29-24-22-20-18-16-14-12-10-8-6-4-2/h15,17,21,23,52-53,55-59,61-62H,3-14,16,18-20,22,24-51H2,1-2H3,(H,63,64,65)/b17-15-,23-21-. The van der Waals surface area contributed by atoms with Gasteiger partial charge in [-0.2, -0.15) is 8.42 Å². The normalized spacial score (nSPS) is 19.1. The first kappa shape index (κ1) is 67.6. The van der Waals surface area contributed by atoms with E-state index < -0.39 is 59.8 Å². The third-order valence-corrected chi connectivity index (χ3v) is 14.3. The maximum atomic E-state index is 13.0. The number of esters is 1. The lowest BCUT2D eigenvalue weighted by atomic mass is 9.99. The largest absolute Gasteiger partial charge is 0.457 e. The Balaban J connectivity index is 2.27. The van der Waals surface area contributed by atoms with E-state index in [0.29, 0.717) is 13.0 Å². The Bertz CT molecular complexity index is 1330. The number of rotatable bonds is 53. The first-order valence-corrected chi connectivity index (χ1v) is 31.0. The molecule has 1 aliphatic heterocycles. The summed E-state index contributed by atoms with van der Waals surface area (Å²) in [5, 5.41) is 30.8. The van der Waals surface area contributed by atoms with E-state index in [-0.39, 0.29) is 19.6 Å². The maximum absolute atomic E-state index is 13.0. The number of aliphatic hydroxyl groups excluding tert-OH is 3. The molecular formula is C58H110O12S. The van der Waals surface area contributed by atoms with Gasteiger partial charge in [0.1, 0.15) is 30.5 Å². The van der Waals surface area contributed by atoms with Crippen LogP contribution in [0.25, 0.3) is 0 Å². The van der Waals surface area contributed by atoms with Crippen molar-refractivity contribution in [3.8, 4) is 0 Å². The fourth-order valence-electron chi connectivity index (χ4n) is 9.35. The van der Waals surface area contributed by atoms with E-state index in [9.17, 15) is 33.1 Å². The zero-order valence-electron chi connectivity index (χ0n) is 45.6. The molecule has 13 heteroatoms. The molecule has 4 N–H and O–H groups in total. The van der Waals surface area contributed by atoms with Crippen LogP contribution in [-0.2, 0) is 38.3 Å². The van der Waals surface area contributed by atoms with Crippen LogP contribution in [0, 0.1) is 0 Å². The van der Waals surface area contributed by atoms with Crippen molar-refractivity contribution in [2.24, 2.45) is 0 Å². The molecule has 0 aromatic carbocycles. The van der Waals surface area contributed by atoms with Crippen LogP contribution in [0.2, 0.25) is 0 Å². The van der Waals surface area contributed by atoms with Gasteiger partial charge in [-0.25, -0.2) is 4.18 Å². The first-order valence-electron chi connectivity index (χ1n) is 29.6. The zero-order chi connectivity index (χ0) is 51.7. The Morgan fingerprint density at radius 3 is 1.34 bits per heavy atom. The summed E-state index contributed by atoms with van der Waals surface area (Å²) >= 11 is 0. The average molecular weight is 1030 g/mol. The summed E-state index contributed by atoms with van der Waals surface area (Å²) in [6.45, 7) is 4.04. The molecule has 420 valence electrons. The zero-order valence-corrected chi connectivity index (χ0v) is 46.4. The molecule has 0 bridgehead atoms. The van der Waals surface area contributed by atoms with Gasteiger partial charge in [0, 0.05) is 13.0 Å². The molecule has 71 heavy (non-hydrogen) atoms. The molecule has 1 heterocycles. The van der Waals surface area contributed by atoms with E-state index in [1.54, 1.807) is 0 Å². The van der Waals surface area contributed by atoms with Crippen molar-refractivity contribution in [2.45, 2.75) is 314 Å². The minimum Gasteiger partial charge on any atom is -0.457 e. The Hall–Kier alpha value is -1.42. The van der Waals surface area contributed by atoms with E-state index in [4.69, 9.17) is 18.9 Å². The minimum atomic E-state index is -5.07. The predicted molar refractivity (Wildman–Crippen MR) is 290 cm³/mol. The molecule has 1 aliphatic rings. The lowest BCUT2D eigenvalue weighted by Crippen LogP contribution is -2.60. The molecule has 6 atom stereocenters. The highest BCUT2D eigenvalue weighted by Gasteiger charge is 2.48. The molecule has 1 saturated heterocycles. The summed E-state index contributed by atoms with van der Waals surface area (Å²) in [5.74, 6) is -0.392. The lowest BCUT2D eigenvalue weighted by molar-refractivity contribution is -0.301. The quantitative estimate of drug-likeness (QED) is 0.0196. The van der Waals surface area contributed by atoms with Crippen LogP contribution in [0.4, 0.5) is 0 Å². The molecule has 0 aromatic heterocycles. The van der Waals surface area contributed by atoms with E-state index >= 15 is 0 Å². The molecule has 0 aliphatic carbocycles. The van der Waals surface area contributed by atoms with Gasteiger partial charge < -0.3 is 34.3 Å². The number of hydrogen-bond donors (Lipinski definition) is 4. The van der Waals surface area contributed by atoms with Crippen molar-refractivity contribution in [1.29, 1.82) is 0 Å². The fraction of sp³-hybridized carbons (Fsp3) is 0.914. The van der Waals surface area contributed by atoms with Crippen LogP contribution < -0.4 is 0 Å². The first-order chi connectivity index (χ1) is 34.6. The summed E-state index contributed by atoms with van der Waals surface area (Å²) in [5.41, 5.74) is 0. The molecule has 0 spiro atoms. The third-order valence-electron chi connectivity index (χ3n) is 13.8. The molecule has 0 saturated carbocycles. The SMILES string of the molecule is CCCCCCC/C=C\C/C=C\CCCCCCCCCCCCCCOCC(COC1OC(CO)C(O)C(OS(=O)(=O)O)C1O)OC(=O)CCCCCCCCCCCCCCCCCCCCCC. The van der Waals surface area contributed by atoms with Crippen molar-refractivity contribution >= 4 is 16.4 Å².